The first-order valence-corrected chi connectivity index (χ1v) is 11.8. The van der Waals surface area contributed by atoms with E-state index in [0.717, 1.165) is 11.1 Å². The Morgan fingerprint density at radius 3 is 2.32 bits per heavy atom. The second kappa shape index (κ2) is 10.9. The number of halogens is 1. The molecule has 0 saturated carbocycles. The molecule has 1 heterocycles. The van der Waals surface area contributed by atoms with Crippen LogP contribution in [0, 0.1) is 5.82 Å². The van der Waals surface area contributed by atoms with Crippen LogP contribution in [-0.2, 0) is 11.3 Å². The molecule has 3 aromatic carbocycles. The molecule has 0 aliphatic carbocycles. The Bertz CT molecular complexity index is 1270. The molecule has 172 valence electrons. The molecule has 0 aliphatic heterocycles. The minimum Gasteiger partial charge on any atom is -0.326 e. The molecule has 34 heavy (non-hydrogen) atoms. The second-order valence-electron chi connectivity index (χ2n) is 7.58. The number of benzene rings is 3. The van der Waals surface area contributed by atoms with E-state index in [1.807, 2.05) is 34.9 Å². The van der Waals surface area contributed by atoms with Crippen molar-refractivity contribution < 1.29 is 14.0 Å². The van der Waals surface area contributed by atoms with Gasteiger partial charge in [-0.15, -0.1) is 10.2 Å². The van der Waals surface area contributed by atoms with Gasteiger partial charge >= 0.3 is 0 Å². The molecule has 0 radical (unpaired) electrons. The number of Topliss-reactive ketones (excluding diaryl/α,β-unsaturated/α-hetero) is 1. The number of hydrogen-bond donors (Lipinski definition) is 1. The molecule has 6 nitrogen and oxygen atoms in total. The van der Waals surface area contributed by atoms with E-state index in [1.165, 1.54) is 23.9 Å². The van der Waals surface area contributed by atoms with Crippen molar-refractivity contribution in [3.05, 3.63) is 95.8 Å². The van der Waals surface area contributed by atoms with E-state index in [4.69, 9.17) is 0 Å². The summed E-state index contributed by atoms with van der Waals surface area (Å²) in [6.45, 7) is 2.30. The smallest absolute Gasteiger partial charge is 0.224 e. The fraction of sp³-hybridized carbons (Fsp3) is 0.154. The van der Waals surface area contributed by atoms with Crippen LogP contribution in [0.3, 0.4) is 0 Å². The Hall–Kier alpha value is -3.78. The number of nitrogens with one attached hydrogen (secondary N) is 1. The Kier molecular flexibility index (Phi) is 7.49. The zero-order valence-electron chi connectivity index (χ0n) is 18.6. The Morgan fingerprint density at radius 1 is 0.941 bits per heavy atom. The van der Waals surface area contributed by atoms with Crippen LogP contribution in [0.15, 0.2) is 84.0 Å². The van der Waals surface area contributed by atoms with Crippen molar-refractivity contribution in [1.29, 1.82) is 0 Å². The first-order chi connectivity index (χ1) is 16.5. The first-order valence-electron chi connectivity index (χ1n) is 10.8. The number of carbonyl (C=O) groups is 2. The van der Waals surface area contributed by atoms with Gasteiger partial charge in [0.15, 0.2) is 16.8 Å². The van der Waals surface area contributed by atoms with Crippen molar-refractivity contribution in [2.45, 2.75) is 25.0 Å². The van der Waals surface area contributed by atoms with Gasteiger partial charge in [0.25, 0.3) is 0 Å². The van der Waals surface area contributed by atoms with E-state index in [-0.39, 0.29) is 23.3 Å². The van der Waals surface area contributed by atoms with Crippen molar-refractivity contribution in [3.8, 4) is 11.4 Å². The fourth-order valence-electron chi connectivity index (χ4n) is 3.32. The number of nitrogens with zero attached hydrogens (tertiary/aromatic N) is 3. The summed E-state index contributed by atoms with van der Waals surface area (Å²) in [5.74, 6) is 0.324. The van der Waals surface area contributed by atoms with Gasteiger partial charge in [0, 0.05) is 23.2 Å². The van der Waals surface area contributed by atoms with Crippen LogP contribution in [0.1, 0.15) is 29.3 Å². The van der Waals surface area contributed by atoms with Crippen LogP contribution in [0.4, 0.5) is 10.1 Å². The molecule has 1 aromatic heterocycles. The molecule has 4 rings (SSSR count). The molecule has 0 atom stereocenters. The average Bonchev–Trinajstić information content (AvgIpc) is 3.26. The van der Waals surface area contributed by atoms with Crippen LogP contribution < -0.4 is 5.32 Å². The van der Waals surface area contributed by atoms with E-state index in [2.05, 4.69) is 15.5 Å². The molecule has 0 spiro atoms. The van der Waals surface area contributed by atoms with Crippen LogP contribution in [0.25, 0.3) is 11.4 Å². The van der Waals surface area contributed by atoms with Crippen molar-refractivity contribution in [2.75, 3.05) is 11.1 Å². The zero-order valence-corrected chi connectivity index (χ0v) is 19.4. The third-order valence-electron chi connectivity index (χ3n) is 5.15. The van der Waals surface area contributed by atoms with E-state index >= 15 is 0 Å². The van der Waals surface area contributed by atoms with Gasteiger partial charge < -0.3 is 5.32 Å². The normalized spacial score (nSPS) is 10.8. The van der Waals surface area contributed by atoms with Gasteiger partial charge in [-0.1, -0.05) is 49.0 Å². The first kappa shape index (κ1) is 23.4. The summed E-state index contributed by atoms with van der Waals surface area (Å²) in [5, 5.41) is 12.0. The molecular formula is C26H23FN4O2S. The van der Waals surface area contributed by atoms with Gasteiger partial charge in [0.05, 0.1) is 12.3 Å². The monoisotopic (exact) mass is 474 g/mol. The lowest BCUT2D eigenvalue weighted by Crippen LogP contribution is -2.10. The van der Waals surface area contributed by atoms with Crippen LogP contribution in [0.2, 0.25) is 0 Å². The lowest BCUT2D eigenvalue weighted by molar-refractivity contribution is -0.115. The Labute approximate surface area is 201 Å². The summed E-state index contributed by atoms with van der Waals surface area (Å²) in [6, 6.07) is 22.8. The third-order valence-corrected chi connectivity index (χ3v) is 6.11. The molecule has 8 heteroatoms. The van der Waals surface area contributed by atoms with Gasteiger partial charge in [0.2, 0.25) is 5.91 Å². The summed E-state index contributed by atoms with van der Waals surface area (Å²) < 4.78 is 15.4. The molecule has 1 N–H and O–H groups in total. The van der Waals surface area contributed by atoms with Gasteiger partial charge in [-0.25, -0.2) is 4.39 Å². The number of thioether (sulfide) groups is 1. The molecule has 1 amide bonds. The molecule has 0 bridgehead atoms. The SMILES string of the molecule is CCC(=O)Nc1ccc(C(=O)CSc2nnc(-c3ccc(F)cc3)n2Cc2ccccc2)cc1. The highest BCUT2D eigenvalue weighted by molar-refractivity contribution is 7.99. The van der Waals surface area contributed by atoms with Crippen molar-refractivity contribution in [2.24, 2.45) is 0 Å². The predicted octanol–water partition coefficient (Wildman–Crippen LogP) is 5.46. The van der Waals surface area contributed by atoms with Crippen molar-refractivity contribution >= 4 is 29.1 Å². The standard InChI is InChI=1S/C26H23FN4O2S/c1-2-24(33)28-22-14-10-19(11-15-22)23(32)17-34-26-30-29-25(20-8-12-21(27)13-9-20)31(26)16-18-6-4-3-5-7-18/h3-15H,2,16-17H2,1H3,(H,28,33). The van der Waals surface area contributed by atoms with Crippen molar-refractivity contribution in [1.82, 2.24) is 14.8 Å². The number of hydrogen-bond acceptors (Lipinski definition) is 5. The Balaban J connectivity index is 1.52. The third kappa shape index (κ3) is 5.77. The number of aromatic nitrogens is 3. The lowest BCUT2D eigenvalue weighted by Gasteiger charge is -2.11. The molecule has 0 fully saturated rings. The summed E-state index contributed by atoms with van der Waals surface area (Å²) in [7, 11) is 0. The maximum Gasteiger partial charge on any atom is 0.224 e. The van der Waals surface area contributed by atoms with Crippen molar-refractivity contribution in [3.63, 3.8) is 0 Å². The summed E-state index contributed by atoms with van der Waals surface area (Å²) in [6.07, 6.45) is 0.390. The highest BCUT2D eigenvalue weighted by Gasteiger charge is 2.17. The van der Waals surface area contributed by atoms with Gasteiger partial charge in [-0.05, 0) is 54.1 Å². The second-order valence-corrected chi connectivity index (χ2v) is 8.52. The molecule has 0 aliphatic rings. The molecule has 0 unspecified atom stereocenters. The summed E-state index contributed by atoms with van der Waals surface area (Å²) >= 11 is 1.30. The van der Waals surface area contributed by atoms with E-state index in [9.17, 15) is 14.0 Å². The number of anilines is 1. The predicted molar refractivity (Wildman–Crippen MR) is 131 cm³/mol. The topological polar surface area (TPSA) is 76.9 Å². The van der Waals surface area contributed by atoms with E-state index in [0.29, 0.717) is 35.2 Å². The van der Waals surface area contributed by atoms with Gasteiger partial charge in [0.1, 0.15) is 5.82 Å². The van der Waals surface area contributed by atoms with Gasteiger partial charge in [-0.2, -0.15) is 0 Å². The largest absolute Gasteiger partial charge is 0.326 e. The highest BCUT2D eigenvalue weighted by Crippen LogP contribution is 2.26. The number of ketones is 1. The number of carbonyl (C=O) groups excluding carboxylic acids is 2. The zero-order chi connectivity index (χ0) is 23.9. The van der Waals surface area contributed by atoms with Crippen LogP contribution in [-0.4, -0.2) is 32.2 Å². The molecular weight excluding hydrogens is 451 g/mol. The maximum atomic E-state index is 13.4. The summed E-state index contributed by atoms with van der Waals surface area (Å²) in [5.41, 5.74) is 3.01. The Morgan fingerprint density at radius 2 is 1.65 bits per heavy atom. The van der Waals surface area contributed by atoms with E-state index in [1.54, 1.807) is 43.3 Å². The fourth-order valence-corrected chi connectivity index (χ4v) is 4.15. The molecule has 0 saturated heterocycles. The van der Waals surface area contributed by atoms with Crippen LogP contribution in [0.5, 0.6) is 0 Å². The lowest BCUT2D eigenvalue weighted by atomic mass is 10.1. The van der Waals surface area contributed by atoms with Crippen LogP contribution >= 0.6 is 11.8 Å². The highest BCUT2D eigenvalue weighted by atomic mass is 32.2. The maximum absolute atomic E-state index is 13.4. The van der Waals surface area contributed by atoms with E-state index < -0.39 is 0 Å². The average molecular weight is 475 g/mol. The van der Waals surface area contributed by atoms with Gasteiger partial charge in [-0.3, -0.25) is 14.2 Å². The number of rotatable bonds is 9. The molecule has 4 aromatic rings. The quantitative estimate of drug-likeness (QED) is 0.258. The minimum atomic E-state index is -0.321. The minimum absolute atomic E-state index is 0.0593. The summed E-state index contributed by atoms with van der Waals surface area (Å²) in [4.78, 5) is 24.3. The number of amides is 1.